The minimum atomic E-state index is 0.473. The van der Waals surface area contributed by atoms with Crippen LogP contribution in [0.1, 0.15) is 18.5 Å². The molecule has 0 spiro atoms. The van der Waals surface area contributed by atoms with Crippen molar-refractivity contribution in [2.45, 2.75) is 25.8 Å². The molecular formula is C12H22N6. The molecule has 0 radical (unpaired) electrons. The van der Waals surface area contributed by atoms with Gasteiger partial charge in [0.25, 0.3) is 0 Å². The molecule has 1 aromatic rings. The van der Waals surface area contributed by atoms with Gasteiger partial charge in [-0.05, 0) is 33.4 Å². The predicted octanol–water partition coefficient (Wildman–Crippen LogP) is 0.601. The van der Waals surface area contributed by atoms with Crippen LogP contribution in [-0.2, 0) is 0 Å². The minimum Gasteiger partial charge on any atom is -0.355 e. The van der Waals surface area contributed by atoms with Crippen LogP contribution in [-0.4, -0.2) is 48.1 Å². The SMILES string of the molecule is Cc1cc(N(C)C2CCCN(C)C2)nc(NN)n1. The number of nitrogen functional groups attached to an aromatic ring is 1. The van der Waals surface area contributed by atoms with E-state index >= 15 is 0 Å². The lowest BCUT2D eigenvalue weighted by molar-refractivity contribution is 0.247. The molecule has 0 bridgehead atoms. The van der Waals surface area contributed by atoms with E-state index < -0.39 is 0 Å². The summed E-state index contributed by atoms with van der Waals surface area (Å²) in [4.78, 5) is 13.2. The molecule has 1 unspecified atom stereocenters. The van der Waals surface area contributed by atoms with Gasteiger partial charge >= 0.3 is 0 Å². The third kappa shape index (κ3) is 2.88. The maximum atomic E-state index is 5.39. The van der Waals surface area contributed by atoms with Gasteiger partial charge in [0.2, 0.25) is 5.95 Å². The summed E-state index contributed by atoms with van der Waals surface area (Å²) in [6.45, 7) is 4.21. The highest BCUT2D eigenvalue weighted by atomic mass is 15.3. The Labute approximate surface area is 108 Å². The second-order valence-corrected chi connectivity index (χ2v) is 5.00. The Kier molecular flexibility index (Phi) is 3.98. The highest BCUT2D eigenvalue weighted by molar-refractivity contribution is 5.44. The molecule has 100 valence electrons. The Morgan fingerprint density at radius 2 is 2.28 bits per heavy atom. The summed E-state index contributed by atoms with van der Waals surface area (Å²) in [5.74, 6) is 6.79. The Bertz CT molecular complexity index is 408. The Hall–Kier alpha value is -1.40. The van der Waals surface area contributed by atoms with Crippen molar-refractivity contribution in [3.63, 3.8) is 0 Å². The molecule has 0 aliphatic carbocycles. The number of rotatable bonds is 3. The summed E-state index contributed by atoms with van der Waals surface area (Å²) >= 11 is 0. The van der Waals surface area contributed by atoms with Crippen LogP contribution in [0.4, 0.5) is 11.8 Å². The molecule has 3 N–H and O–H groups in total. The van der Waals surface area contributed by atoms with E-state index in [9.17, 15) is 0 Å². The number of hydrogen-bond acceptors (Lipinski definition) is 6. The maximum absolute atomic E-state index is 5.39. The van der Waals surface area contributed by atoms with Gasteiger partial charge in [-0.2, -0.15) is 4.98 Å². The number of likely N-dealkylation sites (tertiary alicyclic amines) is 1. The molecule has 0 saturated carbocycles. The quantitative estimate of drug-likeness (QED) is 0.605. The number of nitrogens with two attached hydrogens (primary N) is 1. The molecule has 1 fully saturated rings. The smallest absolute Gasteiger partial charge is 0.239 e. The molecule has 6 nitrogen and oxygen atoms in total. The van der Waals surface area contributed by atoms with E-state index in [1.807, 2.05) is 13.0 Å². The minimum absolute atomic E-state index is 0.473. The maximum Gasteiger partial charge on any atom is 0.239 e. The van der Waals surface area contributed by atoms with E-state index in [0.29, 0.717) is 12.0 Å². The molecule has 0 amide bonds. The van der Waals surface area contributed by atoms with Gasteiger partial charge in [0, 0.05) is 31.4 Å². The topological polar surface area (TPSA) is 70.3 Å². The van der Waals surface area contributed by atoms with Gasteiger partial charge < -0.3 is 9.80 Å². The lowest BCUT2D eigenvalue weighted by atomic mass is 10.1. The van der Waals surface area contributed by atoms with Crippen molar-refractivity contribution >= 4 is 11.8 Å². The van der Waals surface area contributed by atoms with Crippen LogP contribution >= 0.6 is 0 Å². The molecule has 2 heterocycles. The third-order valence-corrected chi connectivity index (χ3v) is 3.48. The summed E-state index contributed by atoms with van der Waals surface area (Å²) in [6.07, 6.45) is 2.44. The van der Waals surface area contributed by atoms with E-state index in [1.165, 1.54) is 19.4 Å². The summed E-state index contributed by atoms with van der Waals surface area (Å²) in [7, 11) is 4.25. The number of anilines is 2. The average molecular weight is 250 g/mol. The van der Waals surface area contributed by atoms with E-state index in [0.717, 1.165) is 18.1 Å². The zero-order valence-electron chi connectivity index (χ0n) is 11.3. The van der Waals surface area contributed by atoms with Crippen molar-refractivity contribution in [2.24, 2.45) is 5.84 Å². The molecular weight excluding hydrogens is 228 g/mol. The first-order valence-corrected chi connectivity index (χ1v) is 6.34. The van der Waals surface area contributed by atoms with Crippen LogP contribution in [0, 0.1) is 6.92 Å². The second-order valence-electron chi connectivity index (χ2n) is 5.00. The highest BCUT2D eigenvalue weighted by Gasteiger charge is 2.22. The Morgan fingerprint density at radius 1 is 1.50 bits per heavy atom. The van der Waals surface area contributed by atoms with Crippen molar-refractivity contribution in [2.75, 3.05) is 37.5 Å². The van der Waals surface area contributed by atoms with Crippen LogP contribution in [0.2, 0.25) is 0 Å². The monoisotopic (exact) mass is 250 g/mol. The largest absolute Gasteiger partial charge is 0.355 e. The number of nitrogens with one attached hydrogen (secondary N) is 1. The number of piperidine rings is 1. The molecule has 1 aliphatic rings. The first kappa shape index (κ1) is 13.0. The standard InChI is InChI=1S/C12H22N6/c1-9-7-11(15-12(14-9)16-13)18(3)10-5-4-6-17(2)8-10/h7,10H,4-6,8,13H2,1-3H3,(H,14,15,16). The molecule has 1 aromatic heterocycles. The van der Waals surface area contributed by atoms with Crippen molar-refractivity contribution in [1.82, 2.24) is 14.9 Å². The second kappa shape index (κ2) is 5.49. The van der Waals surface area contributed by atoms with E-state index in [2.05, 4.69) is 39.3 Å². The molecule has 1 saturated heterocycles. The number of likely N-dealkylation sites (N-methyl/N-ethyl adjacent to an activating group) is 2. The van der Waals surface area contributed by atoms with Gasteiger partial charge in [-0.15, -0.1) is 0 Å². The normalized spacial score (nSPS) is 20.8. The van der Waals surface area contributed by atoms with E-state index in [1.54, 1.807) is 0 Å². The van der Waals surface area contributed by atoms with E-state index in [4.69, 9.17) is 5.84 Å². The predicted molar refractivity (Wildman–Crippen MR) is 73.5 cm³/mol. The van der Waals surface area contributed by atoms with Crippen LogP contribution in [0.15, 0.2) is 6.07 Å². The first-order chi connectivity index (χ1) is 8.60. The number of hydrogen-bond donors (Lipinski definition) is 2. The molecule has 18 heavy (non-hydrogen) atoms. The van der Waals surface area contributed by atoms with Gasteiger partial charge in [-0.3, -0.25) is 5.43 Å². The number of aryl methyl sites for hydroxylation is 1. The number of aromatic nitrogens is 2. The van der Waals surface area contributed by atoms with Crippen molar-refractivity contribution in [3.05, 3.63) is 11.8 Å². The zero-order chi connectivity index (χ0) is 13.1. The van der Waals surface area contributed by atoms with Crippen LogP contribution < -0.4 is 16.2 Å². The average Bonchev–Trinajstić information content (AvgIpc) is 2.37. The van der Waals surface area contributed by atoms with Gasteiger partial charge in [-0.1, -0.05) is 0 Å². The van der Waals surface area contributed by atoms with Gasteiger partial charge in [-0.25, -0.2) is 10.8 Å². The van der Waals surface area contributed by atoms with Crippen molar-refractivity contribution < 1.29 is 0 Å². The van der Waals surface area contributed by atoms with E-state index in [-0.39, 0.29) is 0 Å². The molecule has 0 aromatic carbocycles. The first-order valence-electron chi connectivity index (χ1n) is 6.34. The Balaban J connectivity index is 2.16. The molecule has 6 heteroatoms. The Morgan fingerprint density at radius 3 is 2.94 bits per heavy atom. The summed E-state index contributed by atoms with van der Waals surface area (Å²) in [5, 5.41) is 0. The molecule has 1 atom stereocenters. The fourth-order valence-electron chi connectivity index (χ4n) is 2.44. The fraction of sp³-hybridized carbons (Fsp3) is 0.667. The van der Waals surface area contributed by atoms with Crippen LogP contribution in [0.5, 0.6) is 0 Å². The summed E-state index contributed by atoms with van der Waals surface area (Å²) < 4.78 is 0. The summed E-state index contributed by atoms with van der Waals surface area (Å²) in [6, 6.07) is 2.50. The lowest BCUT2D eigenvalue weighted by Gasteiger charge is -2.36. The van der Waals surface area contributed by atoms with Gasteiger partial charge in [0.05, 0.1) is 0 Å². The molecule has 2 rings (SSSR count). The highest BCUT2D eigenvalue weighted by Crippen LogP contribution is 2.20. The lowest BCUT2D eigenvalue weighted by Crippen LogP contribution is -2.45. The van der Waals surface area contributed by atoms with Crippen LogP contribution in [0.25, 0.3) is 0 Å². The van der Waals surface area contributed by atoms with Crippen LogP contribution in [0.3, 0.4) is 0 Å². The van der Waals surface area contributed by atoms with Crippen molar-refractivity contribution in [3.8, 4) is 0 Å². The van der Waals surface area contributed by atoms with Gasteiger partial charge in [0.15, 0.2) is 0 Å². The van der Waals surface area contributed by atoms with Gasteiger partial charge in [0.1, 0.15) is 5.82 Å². The summed E-state index contributed by atoms with van der Waals surface area (Å²) in [5.41, 5.74) is 3.44. The fourth-order valence-corrected chi connectivity index (χ4v) is 2.44. The number of nitrogens with zero attached hydrogens (tertiary/aromatic N) is 4. The molecule has 1 aliphatic heterocycles. The zero-order valence-corrected chi connectivity index (χ0v) is 11.3. The number of hydrazine groups is 1. The third-order valence-electron chi connectivity index (χ3n) is 3.48. The van der Waals surface area contributed by atoms with Crippen molar-refractivity contribution in [1.29, 1.82) is 0 Å².